The van der Waals surface area contributed by atoms with Gasteiger partial charge in [-0.3, -0.25) is 24.1 Å². The van der Waals surface area contributed by atoms with Gasteiger partial charge in [-0.2, -0.15) is 0 Å². The number of ether oxygens (including phenoxy) is 5. The number of carbonyl (C=O) groups excluding carboxylic acids is 3. The van der Waals surface area contributed by atoms with Gasteiger partial charge >= 0.3 is 5.97 Å². The zero-order valence-corrected chi connectivity index (χ0v) is 39.7. The van der Waals surface area contributed by atoms with Gasteiger partial charge in [0.2, 0.25) is 5.91 Å². The van der Waals surface area contributed by atoms with Crippen LogP contribution in [0.25, 0.3) is 44.6 Å². The molecule has 0 radical (unpaired) electrons. The number of benzene rings is 4. The van der Waals surface area contributed by atoms with Crippen molar-refractivity contribution in [1.82, 2.24) is 30.2 Å². The summed E-state index contributed by atoms with van der Waals surface area (Å²) in [5.74, 6) is -0.610. The Morgan fingerprint density at radius 1 is 0.824 bits per heavy atom. The smallest absolute Gasteiger partial charge is 0.355 e. The van der Waals surface area contributed by atoms with E-state index in [-0.39, 0.29) is 55.1 Å². The topological polar surface area (TPSA) is 224 Å². The van der Waals surface area contributed by atoms with E-state index in [0.717, 1.165) is 0 Å². The second kappa shape index (κ2) is 22.9. The van der Waals surface area contributed by atoms with Crippen molar-refractivity contribution in [3.05, 3.63) is 138 Å². The largest absolute Gasteiger partial charge is 0.507 e. The van der Waals surface area contributed by atoms with Gasteiger partial charge in [-0.05, 0) is 72.8 Å². The van der Waals surface area contributed by atoms with E-state index in [0.29, 0.717) is 89.9 Å². The summed E-state index contributed by atoms with van der Waals surface area (Å²) in [4.78, 5) is 79.5. The number of halogens is 4. The molecule has 8 rings (SSSR count). The number of carbonyl (C=O) groups is 3. The van der Waals surface area contributed by atoms with Gasteiger partial charge in [-0.1, -0.05) is 59.1 Å². The minimum Gasteiger partial charge on any atom is -0.507 e. The number of phenolic OH excluding ortho intramolecular Hbond substituents is 1. The number of esters is 1. The van der Waals surface area contributed by atoms with Crippen molar-refractivity contribution in [2.24, 2.45) is 0 Å². The van der Waals surface area contributed by atoms with Gasteiger partial charge < -0.3 is 44.1 Å². The highest BCUT2D eigenvalue weighted by molar-refractivity contribution is 8.00. The Morgan fingerprint density at radius 3 is 2.04 bits per heavy atom. The first-order valence-electron chi connectivity index (χ1n) is 20.5. The number of fused-ring (bicyclic) bond motifs is 3. The molecule has 2 amide bonds. The number of hydrogen-bond acceptors (Lipinski definition) is 14. The van der Waals surface area contributed by atoms with Gasteiger partial charge in [-0.15, -0.1) is 11.8 Å². The number of methoxy groups -OCH3 is 1. The number of nitrogens with one attached hydrogen (secondary N) is 3. The van der Waals surface area contributed by atoms with Crippen LogP contribution in [-0.2, 0) is 33.3 Å². The van der Waals surface area contributed by atoms with E-state index in [4.69, 9.17) is 70.1 Å². The number of aromatic amines is 2. The number of H-pyrrole nitrogens is 2. The number of rotatable bonds is 17. The fourth-order valence-corrected chi connectivity index (χ4v) is 8.90. The molecule has 4 heterocycles. The SMILES string of the molecule is C=CCOC(=O)C1=C(COc2ccc(Cl)cc2-c2nc3ccc(Cl)cc3c(=O)[nH]2)CSC2[C@H](NC(=O)COCCOCCOC)C(=O)N12.O=c1[nH]c(-c2cc(Cl)ccc2O)nc2ccc(Cl)cc12. The highest BCUT2D eigenvalue weighted by Crippen LogP contribution is 2.41. The first-order chi connectivity index (χ1) is 32.8. The molecule has 1 unspecified atom stereocenters. The number of nitrogens with zero attached hydrogens (tertiary/aromatic N) is 3. The maximum Gasteiger partial charge on any atom is 0.355 e. The van der Waals surface area contributed by atoms with Crippen LogP contribution in [0.5, 0.6) is 11.5 Å². The fourth-order valence-electron chi connectivity index (χ4n) is 6.88. The minimum atomic E-state index is -0.859. The van der Waals surface area contributed by atoms with Crippen LogP contribution in [-0.4, -0.2) is 118 Å². The van der Waals surface area contributed by atoms with E-state index >= 15 is 0 Å². The number of phenols is 1. The van der Waals surface area contributed by atoms with E-state index in [1.807, 2.05) is 0 Å². The van der Waals surface area contributed by atoms with E-state index in [1.54, 1.807) is 61.7 Å². The summed E-state index contributed by atoms with van der Waals surface area (Å²) in [6.07, 6.45) is 1.42. The molecule has 0 spiro atoms. The maximum absolute atomic E-state index is 13.3. The average Bonchev–Trinajstić information content (AvgIpc) is 3.32. The van der Waals surface area contributed by atoms with Gasteiger partial charge in [0.15, 0.2) is 0 Å². The third kappa shape index (κ3) is 11.8. The second-order valence-electron chi connectivity index (χ2n) is 14.7. The standard InChI is InChI=1S/C32H32Cl2N4O9S.C14H8Cl2N2O2/c1-3-8-46-32(42)27-18(17-48-31-26(30(41)38(27)31)36-25(39)16-45-12-11-44-10-9-43-2)15-47-24-7-5-20(34)14-22(24)28-35-23-6-4-19(33)13-21(23)29(40)37-28;15-7-1-3-11-9(5-7)14(20)18-13(17-11)10-6-8(16)2-4-12(10)19/h3-7,13-14,26,31H,1,8-12,15-17H2,2H3,(H,36,39)(H,35,37,40);1-6,19H,(H,17,18,20)/t26-,31?;/m1./s1. The fraction of sp³-hybridized carbons (Fsp3) is 0.239. The van der Waals surface area contributed by atoms with Crippen molar-refractivity contribution in [2.45, 2.75) is 11.4 Å². The lowest BCUT2D eigenvalue weighted by Gasteiger charge is -2.49. The van der Waals surface area contributed by atoms with Gasteiger partial charge in [0.25, 0.3) is 17.0 Å². The Bertz CT molecular complexity index is 3060. The Kier molecular flexibility index (Phi) is 16.8. The highest BCUT2D eigenvalue weighted by Gasteiger charge is 2.54. The molecule has 2 aliphatic heterocycles. The Balaban J connectivity index is 0.000000283. The molecule has 1 fully saturated rings. The Hall–Kier alpha value is -5.96. The molecule has 17 nitrogen and oxygen atoms in total. The van der Waals surface area contributed by atoms with Crippen LogP contribution in [0.3, 0.4) is 0 Å². The summed E-state index contributed by atoms with van der Waals surface area (Å²) >= 11 is 25.5. The van der Waals surface area contributed by atoms with Crippen LogP contribution in [0, 0.1) is 0 Å². The number of aromatic hydroxyl groups is 1. The lowest BCUT2D eigenvalue weighted by Crippen LogP contribution is -2.71. The van der Waals surface area contributed by atoms with Crippen LogP contribution in [0.15, 0.2) is 106 Å². The predicted molar refractivity (Wildman–Crippen MR) is 260 cm³/mol. The van der Waals surface area contributed by atoms with E-state index in [1.165, 1.54) is 40.9 Å². The van der Waals surface area contributed by atoms with E-state index < -0.39 is 34.8 Å². The van der Waals surface area contributed by atoms with Crippen molar-refractivity contribution in [3.63, 3.8) is 0 Å². The van der Waals surface area contributed by atoms with Crippen LogP contribution in [0.2, 0.25) is 20.1 Å². The molecule has 2 aromatic heterocycles. The predicted octanol–water partition coefficient (Wildman–Crippen LogP) is 6.94. The Labute approximate surface area is 411 Å². The lowest BCUT2D eigenvalue weighted by atomic mass is 10.0. The molecule has 0 aliphatic carbocycles. The molecular weight excluding hydrogens is 986 g/mol. The number of amides is 2. The molecule has 22 heteroatoms. The molecule has 0 saturated carbocycles. The summed E-state index contributed by atoms with van der Waals surface area (Å²) in [5, 5.41) is 14.4. The van der Waals surface area contributed by atoms with Gasteiger partial charge in [0.1, 0.15) is 60.1 Å². The van der Waals surface area contributed by atoms with Gasteiger partial charge in [-0.25, -0.2) is 14.8 Å². The third-order valence-electron chi connectivity index (χ3n) is 10.1. The van der Waals surface area contributed by atoms with E-state index in [2.05, 4.69) is 31.8 Å². The summed E-state index contributed by atoms with van der Waals surface area (Å²) in [5.41, 5.74) is 1.47. The van der Waals surface area contributed by atoms with Crippen molar-refractivity contribution in [2.75, 3.05) is 59.1 Å². The third-order valence-corrected chi connectivity index (χ3v) is 12.4. The molecular formula is C46H40Cl4N6O11S. The zero-order chi connectivity index (χ0) is 48.5. The van der Waals surface area contributed by atoms with E-state index in [9.17, 15) is 29.1 Å². The molecule has 0 bridgehead atoms. The molecule has 2 aliphatic rings. The molecule has 1 saturated heterocycles. The molecule has 2 atom stereocenters. The monoisotopic (exact) mass is 1020 g/mol. The zero-order valence-electron chi connectivity index (χ0n) is 35.8. The summed E-state index contributed by atoms with van der Waals surface area (Å²) in [6, 6.07) is 18.2. The summed E-state index contributed by atoms with van der Waals surface area (Å²) in [6.45, 7) is 4.49. The van der Waals surface area contributed by atoms with Gasteiger partial charge in [0, 0.05) is 38.5 Å². The van der Waals surface area contributed by atoms with Crippen molar-refractivity contribution in [1.29, 1.82) is 0 Å². The maximum atomic E-state index is 13.3. The number of β-lactam (4-membered cyclic amide) rings is 1. The molecule has 4 N–H and O–H groups in total. The van der Waals surface area contributed by atoms with Crippen LogP contribution < -0.4 is 21.2 Å². The summed E-state index contributed by atoms with van der Waals surface area (Å²) in [7, 11) is 1.57. The summed E-state index contributed by atoms with van der Waals surface area (Å²) < 4.78 is 27.0. The average molecular weight is 1030 g/mol. The quantitative estimate of drug-likeness (QED) is 0.0315. The minimum absolute atomic E-state index is 0.00846. The van der Waals surface area contributed by atoms with Crippen molar-refractivity contribution in [3.8, 4) is 34.3 Å². The normalized spacial score (nSPS) is 15.3. The molecule has 354 valence electrons. The molecule has 6 aromatic rings. The van der Waals surface area contributed by atoms with Crippen molar-refractivity contribution < 1.29 is 43.2 Å². The second-order valence-corrected chi connectivity index (χ2v) is 17.5. The van der Waals surface area contributed by atoms with Crippen LogP contribution in [0.1, 0.15) is 0 Å². The first-order valence-corrected chi connectivity index (χ1v) is 23.0. The number of hydrogen-bond donors (Lipinski definition) is 4. The number of aromatic nitrogens is 4. The van der Waals surface area contributed by atoms with Crippen LogP contribution in [0.4, 0.5) is 0 Å². The number of thioether (sulfide) groups is 1. The molecule has 68 heavy (non-hydrogen) atoms. The Morgan fingerprint density at radius 2 is 1.40 bits per heavy atom. The molecule has 4 aromatic carbocycles. The highest BCUT2D eigenvalue weighted by atomic mass is 35.5. The lowest BCUT2D eigenvalue weighted by molar-refractivity contribution is -0.153. The first kappa shape index (κ1) is 49.9. The van der Waals surface area contributed by atoms with Crippen molar-refractivity contribution >= 4 is 97.8 Å². The van der Waals surface area contributed by atoms with Crippen LogP contribution >= 0.6 is 58.2 Å². The van der Waals surface area contributed by atoms with Gasteiger partial charge in [0.05, 0.1) is 59.4 Å².